The number of sulfonamides is 1. The number of rotatable bonds is 3. The lowest BCUT2D eigenvalue weighted by molar-refractivity contribution is 0.134. The van der Waals surface area contributed by atoms with Gasteiger partial charge in [-0.2, -0.15) is 17.9 Å². The second-order valence-electron chi connectivity index (χ2n) is 4.03. The van der Waals surface area contributed by atoms with E-state index in [2.05, 4.69) is 5.10 Å². The van der Waals surface area contributed by atoms with Crippen LogP contribution in [0.4, 0.5) is 0 Å². The van der Waals surface area contributed by atoms with Crippen molar-refractivity contribution in [3.8, 4) is 0 Å². The molecule has 0 unspecified atom stereocenters. The molecule has 0 N–H and O–H groups in total. The minimum atomic E-state index is -3.53. The molecule has 1 aliphatic heterocycles. The van der Waals surface area contributed by atoms with E-state index in [0.29, 0.717) is 26.1 Å². The van der Waals surface area contributed by atoms with E-state index in [1.54, 1.807) is 30.3 Å². The van der Waals surface area contributed by atoms with Crippen molar-refractivity contribution < 1.29 is 13.2 Å². The van der Waals surface area contributed by atoms with Crippen LogP contribution in [-0.2, 0) is 14.8 Å². The Balaban J connectivity index is 2.20. The lowest BCUT2D eigenvalue weighted by atomic mass is 10.2. The fourth-order valence-electron chi connectivity index (χ4n) is 1.70. The fourth-order valence-corrected chi connectivity index (χ4v) is 2.73. The fraction of sp³-hybridized carbons (Fsp3) is 0.417. The highest BCUT2D eigenvalue weighted by molar-refractivity contribution is 7.89. The molecule has 1 fully saturated rings. The molecule has 0 amide bonds. The van der Waals surface area contributed by atoms with Gasteiger partial charge in [-0.3, -0.25) is 0 Å². The maximum atomic E-state index is 12.2. The molecule has 98 valence electrons. The Morgan fingerprint density at radius 2 is 1.78 bits per heavy atom. The molecular weight excluding hydrogens is 252 g/mol. The highest BCUT2D eigenvalue weighted by Crippen LogP contribution is 2.15. The van der Waals surface area contributed by atoms with Gasteiger partial charge in [-0.15, -0.1) is 0 Å². The summed E-state index contributed by atoms with van der Waals surface area (Å²) in [4.78, 5) is 0.254. The van der Waals surface area contributed by atoms with Crippen LogP contribution in [0.25, 0.3) is 0 Å². The molecule has 0 atom stereocenters. The summed E-state index contributed by atoms with van der Waals surface area (Å²) >= 11 is 0. The van der Waals surface area contributed by atoms with E-state index >= 15 is 0 Å². The summed E-state index contributed by atoms with van der Waals surface area (Å²) in [5, 5.41) is 4.17. The molecule has 0 radical (unpaired) electrons. The molecule has 1 aliphatic rings. The number of nitrogens with zero attached hydrogens (tertiary/aromatic N) is 2. The lowest BCUT2D eigenvalue weighted by Crippen LogP contribution is -2.25. The van der Waals surface area contributed by atoms with Crippen molar-refractivity contribution >= 4 is 15.7 Å². The van der Waals surface area contributed by atoms with E-state index in [0.717, 1.165) is 10.1 Å². The van der Waals surface area contributed by atoms with Crippen LogP contribution in [-0.4, -0.2) is 38.8 Å². The van der Waals surface area contributed by atoms with Crippen molar-refractivity contribution in [2.75, 3.05) is 20.3 Å². The van der Waals surface area contributed by atoms with Crippen LogP contribution in [0, 0.1) is 0 Å². The summed E-state index contributed by atoms with van der Waals surface area (Å²) in [6, 6.07) is 8.31. The Hall–Kier alpha value is -1.40. The van der Waals surface area contributed by atoms with E-state index in [-0.39, 0.29) is 4.90 Å². The summed E-state index contributed by atoms with van der Waals surface area (Å²) in [7, 11) is -2.07. The topological polar surface area (TPSA) is 59.0 Å². The van der Waals surface area contributed by atoms with Gasteiger partial charge in [0.15, 0.2) is 0 Å². The van der Waals surface area contributed by atoms with Crippen LogP contribution < -0.4 is 0 Å². The third-order valence-electron chi connectivity index (χ3n) is 2.74. The SMILES string of the molecule is CN(N=C1CCOCC1)S(=O)(=O)c1ccccc1. The predicted molar refractivity (Wildman–Crippen MR) is 68.9 cm³/mol. The smallest absolute Gasteiger partial charge is 0.278 e. The Kier molecular flexibility index (Phi) is 3.98. The van der Waals surface area contributed by atoms with Crippen LogP contribution in [0.1, 0.15) is 12.8 Å². The van der Waals surface area contributed by atoms with Gasteiger partial charge in [-0.1, -0.05) is 18.2 Å². The molecule has 0 saturated carbocycles. The van der Waals surface area contributed by atoms with E-state index < -0.39 is 10.0 Å². The minimum Gasteiger partial charge on any atom is -0.381 e. The standard InChI is InChI=1S/C12H16N2O3S/c1-14(13-11-7-9-17-10-8-11)18(15,16)12-5-3-2-4-6-12/h2-6H,7-10H2,1H3. The van der Waals surface area contributed by atoms with Crippen LogP contribution in [0.2, 0.25) is 0 Å². The molecule has 1 heterocycles. The Morgan fingerprint density at radius 3 is 2.39 bits per heavy atom. The third-order valence-corrected chi connectivity index (χ3v) is 4.39. The Labute approximate surface area is 107 Å². The van der Waals surface area contributed by atoms with Crippen molar-refractivity contribution in [1.82, 2.24) is 4.41 Å². The van der Waals surface area contributed by atoms with Gasteiger partial charge in [-0.25, -0.2) is 0 Å². The van der Waals surface area contributed by atoms with Crippen molar-refractivity contribution in [3.63, 3.8) is 0 Å². The van der Waals surface area contributed by atoms with Gasteiger partial charge in [0.05, 0.1) is 18.1 Å². The number of ether oxygens (including phenoxy) is 1. The summed E-state index contributed by atoms with van der Waals surface area (Å²) < 4.78 is 30.6. The van der Waals surface area contributed by atoms with Gasteiger partial charge in [0.1, 0.15) is 0 Å². The molecule has 0 bridgehead atoms. The van der Waals surface area contributed by atoms with Crippen molar-refractivity contribution in [2.45, 2.75) is 17.7 Å². The van der Waals surface area contributed by atoms with E-state index in [9.17, 15) is 8.42 Å². The van der Waals surface area contributed by atoms with Crippen LogP contribution in [0.5, 0.6) is 0 Å². The number of hydrazone groups is 1. The average Bonchev–Trinajstić information content (AvgIpc) is 2.41. The number of benzene rings is 1. The van der Waals surface area contributed by atoms with Crippen LogP contribution in [0.3, 0.4) is 0 Å². The van der Waals surface area contributed by atoms with Crippen molar-refractivity contribution in [2.24, 2.45) is 5.10 Å². The first-order valence-corrected chi connectivity index (χ1v) is 7.23. The summed E-state index contributed by atoms with van der Waals surface area (Å²) in [5.74, 6) is 0. The van der Waals surface area contributed by atoms with Crippen molar-refractivity contribution in [3.05, 3.63) is 30.3 Å². The van der Waals surface area contributed by atoms with Crippen LogP contribution >= 0.6 is 0 Å². The first-order chi connectivity index (χ1) is 8.60. The second kappa shape index (κ2) is 5.49. The van der Waals surface area contributed by atoms with E-state index in [1.807, 2.05) is 0 Å². The molecule has 5 nitrogen and oxygen atoms in total. The van der Waals surface area contributed by atoms with Gasteiger partial charge in [-0.05, 0) is 12.1 Å². The minimum absolute atomic E-state index is 0.254. The average molecular weight is 268 g/mol. The highest BCUT2D eigenvalue weighted by Gasteiger charge is 2.20. The molecule has 2 rings (SSSR count). The van der Waals surface area contributed by atoms with E-state index in [1.165, 1.54) is 7.05 Å². The third kappa shape index (κ3) is 2.88. The van der Waals surface area contributed by atoms with Gasteiger partial charge in [0, 0.05) is 25.6 Å². The predicted octanol–water partition coefficient (Wildman–Crippen LogP) is 1.47. The van der Waals surface area contributed by atoms with Gasteiger partial charge >= 0.3 is 0 Å². The molecule has 1 saturated heterocycles. The zero-order chi connectivity index (χ0) is 13.0. The summed E-state index contributed by atoms with van der Waals surface area (Å²) in [6.07, 6.45) is 1.38. The summed E-state index contributed by atoms with van der Waals surface area (Å²) in [5.41, 5.74) is 0.864. The normalized spacial score (nSPS) is 16.4. The first-order valence-electron chi connectivity index (χ1n) is 5.79. The number of hydrogen-bond donors (Lipinski definition) is 0. The molecule has 0 spiro atoms. The largest absolute Gasteiger partial charge is 0.381 e. The monoisotopic (exact) mass is 268 g/mol. The molecular formula is C12H16N2O3S. The zero-order valence-electron chi connectivity index (χ0n) is 10.2. The Bertz CT molecular complexity index is 518. The van der Waals surface area contributed by atoms with Gasteiger partial charge in [0.2, 0.25) is 0 Å². The van der Waals surface area contributed by atoms with Crippen LogP contribution in [0.15, 0.2) is 40.3 Å². The molecule has 18 heavy (non-hydrogen) atoms. The maximum Gasteiger partial charge on any atom is 0.278 e. The van der Waals surface area contributed by atoms with E-state index in [4.69, 9.17) is 4.74 Å². The van der Waals surface area contributed by atoms with Gasteiger partial charge < -0.3 is 4.74 Å². The highest BCUT2D eigenvalue weighted by atomic mass is 32.2. The zero-order valence-corrected chi connectivity index (χ0v) is 11.1. The molecule has 1 aromatic carbocycles. The quantitative estimate of drug-likeness (QED) is 0.780. The molecule has 0 aliphatic carbocycles. The second-order valence-corrected chi connectivity index (χ2v) is 5.98. The summed E-state index contributed by atoms with van der Waals surface area (Å²) in [6.45, 7) is 1.22. The number of hydrogen-bond acceptors (Lipinski definition) is 4. The Morgan fingerprint density at radius 1 is 1.17 bits per heavy atom. The maximum absolute atomic E-state index is 12.2. The molecule has 6 heteroatoms. The first kappa shape index (κ1) is 13.0. The molecule has 0 aromatic heterocycles. The van der Waals surface area contributed by atoms with Gasteiger partial charge in [0.25, 0.3) is 10.0 Å². The molecule has 1 aromatic rings. The lowest BCUT2D eigenvalue weighted by Gasteiger charge is -2.18. The van der Waals surface area contributed by atoms with Crippen molar-refractivity contribution in [1.29, 1.82) is 0 Å².